The summed E-state index contributed by atoms with van der Waals surface area (Å²) in [5, 5.41) is 3.31. The molecule has 2 rings (SSSR count). The molecule has 2 heterocycles. The molecule has 92 valence electrons. The fourth-order valence-corrected chi connectivity index (χ4v) is 3.07. The van der Waals surface area contributed by atoms with E-state index < -0.39 is 0 Å². The largest absolute Gasteiger partial charge is 0.341 e. The minimum Gasteiger partial charge on any atom is -0.341 e. The highest BCUT2D eigenvalue weighted by molar-refractivity contribution is 5.82. The highest BCUT2D eigenvalue weighted by Gasteiger charge is 2.39. The number of hydrogen-bond donors (Lipinski definition) is 1. The quantitative estimate of drug-likeness (QED) is 0.792. The summed E-state index contributed by atoms with van der Waals surface area (Å²) in [6.07, 6.45) is 5.77. The molecule has 0 radical (unpaired) electrons. The zero-order valence-electron chi connectivity index (χ0n) is 10.6. The first-order chi connectivity index (χ1) is 7.71. The van der Waals surface area contributed by atoms with Crippen LogP contribution in [0.25, 0.3) is 0 Å². The van der Waals surface area contributed by atoms with Crippen molar-refractivity contribution in [2.75, 3.05) is 19.6 Å². The molecule has 2 fully saturated rings. The Kier molecular flexibility index (Phi) is 3.53. The normalized spacial score (nSPS) is 28.6. The van der Waals surface area contributed by atoms with Crippen LogP contribution in [0.1, 0.15) is 46.0 Å². The zero-order chi connectivity index (χ0) is 11.6. The van der Waals surface area contributed by atoms with Crippen LogP contribution in [0, 0.1) is 5.41 Å². The maximum atomic E-state index is 12.2. The molecule has 2 saturated heterocycles. The van der Waals surface area contributed by atoms with Crippen LogP contribution in [0.3, 0.4) is 0 Å². The lowest BCUT2D eigenvalue weighted by Gasteiger charge is -2.27. The molecule has 2 aliphatic rings. The molecule has 0 saturated carbocycles. The van der Waals surface area contributed by atoms with Gasteiger partial charge in [0, 0.05) is 13.1 Å². The standard InChI is InChI=1S/C13H24N2O/c1-3-13(4-2)7-9-15(10-13)12(16)11-6-5-8-14-11/h11,14H,3-10H2,1-2H3/t11-/m1/s1. The molecule has 0 aromatic carbocycles. The number of amides is 1. The average molecular weight is 224 g/mol. The summed E-state index contributed by atoms with van der Waals surface area (Å²) in [6.45, 7) is 7.48. The summed E-state index contributed by atoms with van der Waals surface area (Å²) in [7, 11) is 0. The first-order valence-corrected chi connectivity index (χ1v) is 6.73. The van der Waals surface area contributed by atoms with Gasteiger partial charge in [-0.25, -0.2) is 0 Å². The maximum absolute atomic E-state index is 12.2. The van der Waals surface area contributed by atoms with Gasteiger partial charge in [-0.05, 0) is 44.1 Å². The van der Waals surface area contributed by atoms with Gasteiger partial charge in [0.05, 0.1) is 6.04 Å². The lowest BCUT2D eigenvalue weighted by molar-refractivity contribution is -0.132. The maximum Gasteiger partial charge on any atom is 0.239 e. The molecular formula is C13H24N2O. The van der Waals surface area contributed by atoms with Crippen LogP contribution < -0.4 is 5.32 Å². The number of nitrogens with zero attached hydrogens (tertiary/aromatic N) is 1. The van der Waals surface area contributed by atoms with Crippen LogP contribution in [0.5, 0.6) is 0 Å². The Hall–Kier alpha value is -0.570. The molecule has 1 atom stereocenters. The first-order valence-electron chi connectivity index (χ1n) is 6.73. The van der Waals surface area contributed by atoms with Gasteiger partial charge in [0.25, 0.3) is 0 Å². The molecule has 3 nitrogen and oxygen atoms in total. The van der Waals surface area contributed by atoms with E-state index in [1.807, 2.05) is 0 Å². The van der Waals surface area contributed by atoms with E-state index in [4.69, 9.17) is 0 Å². The Labute approximate surface area is 98.6 Å². The van der Waals surface area contributed by atoms with Gasteiger partial charge in [-0.2, -0.15) is 0 Å². The van der Waals surface area contributed by atoms with Gasteiger partial charge < -0.3 is 10.2 Å². The monoisotopic (exact) mass is 224 g/mol. The molecule has 0 aliphatic carbocycles. The van der Waals surface area contributed by atoms with Crippen LogP contribution in [0.15, 0.2) is 0 Å². The van der Waals surface area contributed by atoms with E-state index in [1.165, 1.54) is 19.3 Å². The van der Waals surface area contributed by atoms with Crippen LogP contribution in [0.2, 0.25) is 0 Å². The highest BCUT2D eigenvalue weighted by atomic mass is 16.2. The fraction of sp³-hybridized carbons (Fsp3) is 0.923. The van der Waals surface area contributed by atoms with Crippen LogP contribution >= 0.6 is 0 Å². The van der Waals surface area contributed by atoms with Crippen molar-refractivity contribution in [3.8, 4) is 0 Å². The Bertz CT molecular complexity index is 255. The number of carbonyl (C=O) groups excluding carboxylic acids is 1. The second-order valence-electron chi connectivity index (χ2n) is 5.37. The Balaban J connectivity index is 1.94. The molecule has 1 N–H and O–H groups in total. The van der Waals surface area contributed by atoms with Gasteiger partial charge >= 0.3 is 0 Å². The van der Waals surface area contributed by atoms with Gasteiger partial charge in [0.1, 0.15) is 0 Å². The first kappa shape index (κ1) is 11.9. The summed E-state index contributed by atoms with van der Waals surface area (Å²) in [5.41, 5.74) is 0.411. The molecule has 1 amide bonds. The third-order valence-corrected chi connectivity index (χ3v) is 4.61. The molecule has 0 aromatic heterocycles. The van der Waals surface area contributed by atoms with E-state index in [2.05, 4.69) is 24.1 Å². The Morgan fingerprint density at radius 2 is 2.19 bits per heavy atom. The molecule has 3 heteroatoms. The second kappa shape index (κ2) is 4.74. The third kappa shape index (κ3) is 2.10. The molecular weight excluding hydrogens is 200 g/mol. The number of carbonyl (C=O) groups is 1. The summed E-state index contributed by atoms with van der Waals surface area (Å²) in [6, 6.07) is 0.115. The summed E-state index contributed by atoms with van der Waals surface area (Å²) < 4.78 is 0. The summed E-state index contributed by atoms with van der Waals surface area (Å²) >= 11 is 0. The smallest absolute Gasteiger partial charge is 0.239 e. The van der Waals surface area contributed by atoms with Gasteiger partial charge in [-0.15, -0.1) is 0 Å². The van der Waals surface area contributed by atoms with E-state index in [0.29, 0.717) is 11.3 Å². The lowest BCUT2D eigenvalue weighted by atomic mass is 9.82. The van der Waals surface area contributed by atoms with Crippen molar-refractivity contribution in [1.29, 1.82) is 0 Å². The molecule has 0 aromatic rings. The minimum atomic E-state index is 0.115. The topological polar surface area (TPSA) is 32.3 Å². The predicted molar refractivity (Wildman–Crippen MR) is 65.2 cm³/mol. The lowest BCUT2D eigenvalue weighted by Crippen LogP contribution is -2.43. The van der Waals surface area contributed by atoms with Gasteiger partial charge in [-0.1, -0.05) is 13.8 Å². The van der Waals surface area contributed by atoms with E-state index in [9.17, 15) is 4.79 Å². The van der Waals surface area contributed by atoms with Crippen molar-refractivity contribution in [2.45, 2.75) is 52.0 Å². The average Bonchev–Trinajstić information content (AvgIpc) is 2.98. The number of nitrogens with one attached hydrogen (secondary N) is 1. The predicted octanol–water partition coefficient (Wildman–Crippen LogP) is 1.78. The second-order valence-corrected chi connectivity index (χ2v) is 5.37. The van der Waals surface area contributed by atoms with Crippen LogP contribution in [-0.2, 0) is 4.79 Å². The van der Waals surface area contributed by atoms with E-state index >= 15 is 0 Å². The van der Waals surface area contributed by atoms with Crippen molar-refractivity contribution < 1.29 is 4.79 Å². The summed E-state index contributed by atoms with van der Waals surface area (Å²) in [5.74, 6) is 0.348. The molecule has 0 spiro atoms. The van der Waals surface area contributed by atoms with Crippen LogP contribution in [0.4, 0.5) is 0 Å². The Morgan fingerprint density at radius 3 is 2.69 bits per heavy atom. The molecule has 2 aliphatic heterocycles. The van der Waals surface area contributed by atoms with Crippen molar-refractivity contribution in [3.05, 3.63) is 0 Å². The van der Waals surface area contributed by atoms with E-state index in [-0.39, 0.29) is 6.04 Å². The SMILES string of the molecule is CCC1(CC)CCN(C(=O)[C@H]2CCCN2)C1. The third-order valence-electron chi connectivity index (χ3n) is 4.61. The Morgan fingerprint density at radius 1 is 1.44 bits per heavy atom. The number of hydrogen-bond acceptors (Lipinski definition) is 2. The zero-order valence-corrected chi connectivity index (χ0v) is 10.6. The van der Waals surface area contributed by atoms with Crippen LogP contribution in [-0.4, -0.2) is 36.5 Å². The number of rotatable bonds is 3. The van der Waals surface area contributed by atoms with Gasteiger partial charge in [-0.3, -0.25) is 4.79 Å². The number of likely N-dealkylation sites (tertiary alicyclic amines) is 1. The van der Waals surface area contributed by atoms with Gasteiger partial charge in [0.15, 0.2) is 0 Å². The van der Waals surface area contributed by atoms with Crippen molar-refractivity contribution in [3.63, 3.8) is 0 Å². The van der Waals surface area contributed by atoms with Crippen molar-refractivity contribution in [1.82, 2.24) is 10.2 Å². The highest BCUT2D eigenvalue weighted by Crippen LogP contribution is 2.37. The summed E-state index contributed by atoms with van der Waals surface area (Å²) in [4.78, 5) is 14.3. The molecule has 0 unspecified atom stereocenters. The van der Waals surface area contributed by atoms with Crippen molar-refractivity contribution in [2.24, 2.45) is 5.41 Å². The van der Waals surface area contributed by atoms with E-state index in [0.717, 1.165) is 32.5 Å². The molecule has 0 bridgehead atoms. The van der Waals surface area contributed by atoms with Gasteiger partial charge in [0.2, 0.25) is 5.91 Å². The van der Waals surface area contributed by atoms with E-state index in [1.54, 1.807) is 0 Å². The molecule has 16 heavy (non-hydrogen) atoms. The fourth-order valence-electron chi connectivity index (χ4n) is 3.07. The van der Waals surface area contributed by atoms with Crippen molar-refractivity contribution >= 4 is 5.91 Å². The minimum absolute atomic E-state index is 0.115.